The smallest absolute Gasteiger partial charge is 0.273 e. The van der Waals surface area contributed by atoms with Gasteiger partial charge in [-0.3, -0.25) is 4.55 Å². The second kappa shape index (κ2) is 3.18. The van der Waals surface area contributed by atoms with Gasteiger partial charge in [-0.25, -0.2) is 0 Å². The fourth-order valence-electron chi connectivity index (χ4n) is 2.60. The normalized spacial score (nSPS) is 27.5. The summed E-state index contributed by atoms with van der Waals surface area (Å²) in [6.45, 7) is 7.40. The molecule has 0 aromatic carbocycles. The van der Waals surface area contributed by atoms with Gasteiger partial charge in [-0.05, 0) is 47.0 Å². The van der Waals surface area contributed by atoms with Gasteiger partial charge in [0.2, 0.25) is 0 Å². The van der Waals surface area contributed by atoms with Gasteiger partial charge in [-0.15, -0.1) is 0 Å². The van der Waals surface area contributed by atoms with Crippen LogP contribution in [-0.2, 0) is 10.3 Å². The molecule has 0 aromatic heterocycles. The van der Waals surface area contributed by atoms with Crippen molar-refractivity contribution >= 4 is 10.3 Å². The Morgan fingerprint density at radius 1 is 1.07 bits per heavy atom. The molecule has 4 nitrogen and oxygen atoms in total. The Labute approximate surface area is 86.2 Å². The topological polar surface area (TPSA) is 57.6 Å². The van der Waals surface area contributed by atoms with Gasteiger partial charge in [0.15, 0.2) is 0 Å². The van der Waals surface area contributed by atoms with Crippen molar-refractivity contribution in [2.75, 3.05) is 0 Å². The third-order valence-electron chi connectivity index (χ3n) is 2.91. The van der Waals surface area contributed by atoms with Crippen LogP contribution in [0.15, 0.2) is 0 Å². The van der Waals surface area contributed by atoms with Crippen molar-refractivity contribution < 1.29 is 13.0 Å². The molecule has 0 atom stereocenters. The number of rotatable bonds is 1. The molecule has 1 fully saturated rings. The maximum Gasteiger partial charge on any atom is 0.336 e. The van der Waals surface area contributed by atoms with E-state index >= 15 is 0 Å². The highest BCUT2D eigenvalue weighted by molar-refractivity contribution is 7.83. The first-order valence-electron chi connectivity index (χ1n) is 4.85. The Balaban J connectivity index is 3.17. The van der Waals surface area contributed by atoms with Crippen LogP contribution in [0.5, 0.6) is 0 Å². The van der Waals surface area contributed by atoms with E-state index in [1.165, 1.54) is 4.31 Å². The van der Waals surface area contributed by atoms with Crippen LogP contribution in [-0.4, -0.2) is 28.4 Å². The van der Waals surface area contributed by atoms with Crippen LogP contribution in [0.25, 0.3) is 0 Å². The van der Waals surface area contributed by atoms with E-state index in [-0.39, 0.29) is 0 Å². The molecular weight excluding hydrogens is 202 g/mol. The maximum absolute atomic E-state index is 11.3. The predicted octanol–water partition coefficient (Wildman–Crippen LogP) is 1.83. The van der Waals surface area contributed by atoms with Crippen molar-refractivity contribution in [2.24, 2.45) is 0 Å². The summed E-state index contributed by atoms with van der Waals surface area (Å²) in [6, 6.07) is 0. The molecule has 0 aliphatic carbocycles. The third-order valence-corrected chi connectivity index (χ3v) is 4.36. The summed E-state index contributed by atoms with van der Waals surface area (Å²) in [5.74, 6) is 0. The molecular formula is C9H19NO3S. The molecule has 0 spiro atoms. The molecule has 14 heavy (non-hydrogen) atoms. The van der Waals surface area contributed by atoms with Gasteiger partial charge in [-0.1, -0.05) is 0 Å². The van der Waals surface area contributed by atoms with E-state index in [0.717, 1.165) is 19.3 Å². The third kappa shape index (κ3) is 2.10. The highest BCUT2D eigenvalue weighted by Gasteiger charge is 2.47. The van der Waals surface area contributed by atoms with Crippen LogP contribution in [0.2, 0.25) is 0 Å². The van der Waals surface area contributed by atoms with Crippen molar-refractivity contribution in [2.45, 2.75) is 58.0 Å². The van der Waals surface area contributed by atoms with E-state index in [1.54, 1.807) is 0 Å². The predicted molar refractivity (Wildman–Crippen MR) is 55.4 cm³/mol. The molecule has 0 amide bonds. The summed E-state index contributed by atoms with van der Waals surface area (Å²) >= 11 is 0. The van der Waals surface area contributed by atoms with Crippen LogP contribution in [0, 0.1) is 0 Å². The van der Waals surface area contributed by atoms with Crippen LogP contribution < -0.4 is 0 Å². The molecule has 1 aliphatic rings. The fourth-order valence-corrected chi connectivity index (χ4v) is 4.03. The molecule has 0 saturated carbocycles. The van der Waals surface area contributed by atoms with Crippen LogP contribution in [0.4, 0.5) is 0 Å². The van der Waals surface area contributed by atoms with Crippen LogP contribution >= 0.6 is 0 Å². The summed E-state index contributed by atoms with van der Waals surface area (Å²) in [6.07, 6.45) is 2.57. The molecule has 0 bridgehead atoms. The minimum absolute atomic E-state index is 0.491. The average Bonchev–Trinajstić information content (AvgIpc) is 1.76. The Hall–Kier alpha value is -0.130. The van der Waals surface area contributed by atoms with Gasteiger partial charge in [-0.2, -0.15) is 12.7 Å². The molecule has 1 N–H and O–H groups in total. The Bertz CT molecular complexity index is 303. The highest BCUT2D eigenvalue weighted by atomic mass is 32.2. The first-order valence-corrected chi connectivity index (χ1v) is 6.25. The largest absolute Gasteiger partial charge is 0.336 e. The fraction of sp³-hybridized carbons (Fsp3) is 1.00. The molecule has 1 heterocycles. The highest BCUT2D eigenvalue weighted by Crippen LogP contribution is 2.39. The van der Waals surface area contributed by atoms with Crippen molar-refractivity contribution in [3.63, 3.8) is 0 Å². The Morgan fingerprint density at radius 3 is 1.64 bits per heavy atom. The summed E-state index contributed by atoms with van der Waals surface area (Å²) in [5.41, 5.74) is -0.981. The van der Waals surface area contributed by atoms with E-state index in [0.29, 0.717) is 0 Å². The number of hydrogen-bond acceptors (Lipinski definition) is 2. The summed E-state index contributed by atoms with van der Waals surface area (Å²) < 4.78 is 33.0. The zero-order valence-electron chi connectivity index (χ0n) is 9.24. The summed E-state index contributed by atoms with van der Waals surface area (Å²) in [5, 5.41) is 0. The standard InChI is InChI=1S/C9H19NO3S/c1-8(2)6-5-7-9(3,4)10(8)14(11,12)13/h5-7H2,1-4H3,(H,11,12,13). The van der Waals surface area contributed by atoms with Crippen molar-refractivity contribution in [3.05, 3.63) is 0 Å². The van der Waals surface area contributed by atoms with Crippen molar-refractivity contribution in [1.82, 2.24) is 4.31 Å². The van der Waals surface area contributed by atoms with E-state index < -0.39 is 21.4 Å². The lowest BCUT2D eigenvalue weighted by atomic mass is 9.83. The Morgan fingerprint density at radius 2 is 1.43 bits per heavy atom. The van der Waals surface area contributed by atoms with Gasteiger partial charge in [0.05, 0.1) is 0 Å². The van der Waals surface area contributed by atoms with E-state index in [4.69, 9.17) is 0 Å². The molecule has 0 aromatic rings. The molecule has 1 rings (SSSR count). The maximum atomic E-state index is 11.3. The number of hydrogen-bond donors (Lipinski definition) is 1. The van der Waals surface area contributed by atoms with Crippen molar-refractivity contribution in [1.29, 1.82) is 0 Å². The summed E-state index contributed by atoms with van der Waals surface area (Å²) in [4.78, 5) is 0. The monoisotopic (exact) mass is 221 g/mol. The van der Waals surface area contributed by atoms with Gasteiger partial charge < -0.3 is 0 Å². The second-order valence-electron chi connectivity index (χ2n) is 5.22. The van der Waals surface area contributed by atoms with E-state index in [2.05, 4.69) is 0 Å². The second-order valence-corrected chi connectivity index (χ2v) is 6.48. The molecule has 5 heteroatoms. The molecule has 0 radical (unpaired) electrons. The molecule has 1 aliphatic heterocycles. The van der Waals surface area contributed by atoms with Gasteiger partial charge >= 0.3 is 10.3 Å². The van der Waals surface area contributed by atoms with Crippen molar-refractivity contribution in [3.8, 4) is 0 Å². The van der Waals surface area contributed by atoms with Gasteiger partial charge in [0.1, 0.15) is 0 Å². The number of nitrogens with zero attached hydrogens (tertiary/aromatic N) is 1. The lowest BCUT2D eigenvalue weighted by Crippen LogP contribution is -2.60. The lowest BCUT2D eigenvalue weighted by molar-refractivity contribution is 0.0466. The molecule has 84 valence electrons. The van der Waals surface area contributed by atoms with E-state index in [9.17, 15) is 13.0 Å². The molecule has 1 saturated heterocycles. The SMILES string of the molecule is CC1(C)CCCC(C)(C)N1S(=O)(=O)O. The first kappa shape index (κ1) is 11.9. The van der Waals surface area contributed by atoms with Gasteiger partial charge in [0, 0.05) is 11.1 Å². The van der Waals surface area contributed by atoms with Crippen LogP contribution in [0.3, 0.4) is 0 Å². The van der Waals surface area contributed by atoms with Crippen LogP contribution in [0.1, 0.15) is 47.0 Å². The minimum Gasteiger partial charge on any atom is -0.273 e. The minimum atomic E-state index is -4.11. The quantitative estimate of drug-likeness (QED) is 0.687. The zero-order valence-corrected chi connectivity index (χ0v) is 10.1. The summed E-state index contributed by atoms with van der Waals surface area (Å²) in [7, 11) is -4.11. The molecule has 0 unspecified atom stereocenters. The number of piperidine rings is 1. The Kier molecular flexibility index (Phi) is 2.71. The average molecular weight is 221 g/mol. The van der Waals surface area contributed by atoms with E-state index in [1.807, 2.05) is 27.7 Å². The zero-order chi connectivity index (χ0) is 11.2. The first-order chi connectivity index (χ1) is 6.07. The van der Waals surface area contributed by atoms with Gasteiger partial charge in [0.25, 0.3) is 0 Å². The lowest BCUT2D eigenvalue weighted by Gasteiger charge is -2.49.